The first kappa shape index (κ1) is 11.0. The zero-order valence-corrected chi connectivity index (χ0v) is 10.9. The second kappa shape index (κ2) is 4.58. The molecule has 1 aromatic heterocycles. The van der Waals surface area contributed by atoms with Gasteiger partial charge in [-0.25, -0.2) is 4.39 Å². The number of halogens is 3. The number of rotatable bonds is 2. The van der Waals surface area contributed by atoms with Crippen molar-refractivity contribution in [1.82, 2.24) is 8.75 Å². The summed E-state index contributed by atoms with van der Waals surface area (Å²) in [6.07, 6.45) is 0. The molecule has 0 atom stereocenters. The molecule has 0 aliphatic carbocycles. The van der Waals surface area contributed by atoms with Crippen molar-refractivity contribution in [3.63, 3.8) is 0 Å². The van der Waals surface area contributed by atoms with E-state index >= 15 is 0 Å². The van der Waals surface area contributed by atoms with Gasteiger partial charge in [0.15, 0.2) is 11.0 Å². The van der Waals surface area contributed by atoms with Crippen LogP contribution in [0.15, 0.2) is 18.2 Å². The molecule has 78 valence electrons. The highest BCUT2D eigenvalue weighted by molar-refractivity contribution is 14.1. The van der Waals surface area contributed by atoms with Gasteiger partial charge in [-0.3, -0.25) is 0 Å². The summed E-state index contributed by atoms with van der Waals surface area (Å²) in [7, 11) is 0. The van der Waals surface area contributed by atoms with Crippen molar-refractivity contribution in [3.05, 3.63) is 32.7 Å². The van der Waals surface area contributed by atoms with Gasteiger partial charge >= 0.3 is 0 Å². The molecule has 0 unspecified atom stereocenters. The normalized spacial score (nSPS) is 10.3. The van der Waals surface area contributed by atoms with Gasteiger partial charge in [-0.2, -0.15) is 8.75 Å². The van der Waals surface area contributed by atoms with Crippen LogP contribution < -0.4 is 5.32 Å². The number of hydrogen-bond donors (Lipinski definition) is 1. The summed E-state index contributed by atoms with van der Waals surface area (Å²) in [5.41, 5.74) is 0.756. The Morgan fingerprint density at radius 2 is 2.20 bits per heavy atom. The van der Waals surface area contributed by atoms with Crippen LogP contribution in [0.5, 0.6) is 0 Å². The standard InChI is InChI=1S/C8H4ClFIN3S/c9-7-8(14-15-13-7)12-6-2-1-4(10)3-5(6)11/h1-3H,(H,12,14). The first-order valence-electron chi connectivity index (χ1n) is 3.87. The van der Waals surface area contributed by atoms with Crippen molar-refractivity contribution < 1.29 is 4.39 Å². The predicted molar refractivity (Wildman–Crippen MR) is 67.3 cm³/mol. The maximum absolute atomic E-state index is 12.8. The summed E-state index contributed by atoms with van der Waals surface area (Å²) >= 11 is 8.83. The molecule has 0 saturated carbocycles. The molecule has 2 rings (SSSR count). The van der Waals surface area contributed by atoms with E-state index < -0.39 is 0 Å². The van der Waals surface area contributed by atoms with E-state index in [1.165, 1.54) is 12.1 Å². The molecule has 2 aromatic rings. The molecule has 1 N–H and O–H groups in total. The Hall–Kier alpha value is -0.470. The van der Waals surface area contributed by atoms with Gasteiger partial charge in [0, 0.05) is 3.57 Å². The van der Waals surface area contributed by atoms with E-state index in [1.807, 2.05) is 22.6 Å². The molecule has 3 nitrogen and oxygen atoms in total. The van der Waals surface area contributed by atoms with Crippen molar-refractivity contribution in [1.29, 1.82) is 0 Å². The lowest BCUT2D eigenvalue weighted by atomic mass is 10.3. The van der Waals surface area contributed by atoms with E-state index in [0.717, 1.165) is 21.0 Å². The van der Waals surface area contributed by atoms with Gasteiger partial charge in [-0.05, 0) is 40.8 Å². The fourth-order valence-electron chi connectivity index (χ4n) is 0.971. The van der Waals surface area contributed by atoms with Gasteiger partial charge in [0.2, 0.25) is 0 Å². The Labute approximate surface area is 108 Å². The van der Waals surface area contributed by atoms with Crippen LogP contribution in [0.25, 0.3) is 0 Å². The van der Waals surface area contributed by atoms with Crippen molar-refractivity contribution in [3.8, 4) is 0 Å². The monoisotopic (exact) mass is 355 g/mol. The van der Waals surface area contributed by atoms with Crippen LogP contribution in [0.2, 0.25) is 5.15 Å². The van der Waals surface area contributed by atoms with E-state index in [4.69, 9.17) is 11.6 Å². The SMILES string of the molecule is Fc1ccc(Nc2nsnc2Cl)c(I)c1. The molecule has 0 aliphatic rings. The fraction of sp³-hybridized carbons (Fsp3) is 0. The Balaban J connectivity index is 2.29. The minimum absolute atomic E-state index is 0.271. The number of hydrogen-bond acceptors (Lipinski definition) is 4. The molecule has 0 amide bonds. The zero-order valence-electron chi connectivity index (χ0n) is 7.17. The average molecular weight is 356 g/mol. The number of benzene rings is 1. The second-order valence-corrected chi connectivity index (χ2v) is 4.70. The molecule has 0 bridgehead atoms. The van der Waals surface area contributed by atoms with Gasteiger partial charge in [0.1, 0.15) is 5.82 Å². The van der Waals surface area contributed by atoms with Crippen molar-refractivity contribution >= 4 is 57.4 Å². The smallest absolute Gasteiger partial charge is 0.187 e. The van der Waals surface area contributed by atoms with E-state index in [0.29, 0.717) is 11.0 Å². The number of nitrogens with zero attached hydrogens (tertiary/aromatic N) is 2. The Kier molecular flexibility index (Phi) is 3.37. The van der Waals surface area contributed by atoms with Gasteiger partial charge in [-0.1, -0.05) is 11.6 Å². The minimum Gasteiger partial charge on any atom is -0.336 e. The molecule has 7 heteroatoms. The highest BCUT2D eigenvalue weighted by Crippen LogP contribution is 2.26. The minimum atomic E-state index is -0.271. The third kappa shape index (κ3) is 2.56. The van der Waals surface area contributed by atoms with Crippen molar-refractivity contribution in [2.24, 2.45) is 0 Å². The van der Waals surface area contributed by atoms with Gasteiger partial charge in [0.25, 0.3) is 0 Å². The van der Waals surface area contributed by atoms with E-state index in [1.54, 1.807) is 6.07 Å². The summed E-state index contributed by atoms with van der Waals surface area (Å²) in [6, 6.07) is 4.43. The first-order valence-corrected chi connectivity index (χ1v) is 6.05. The maximum atomic E-state index is 12.8. The average Bonchev–Trinajstić information content (AvgIpc) is 2.57. The van der Waals surface area contributed by atoms with E-state index in [9.17, 15) is 4.39 Å². The quantitative estimate of drug-likeness (QED) is 0.835. The zero-order chi connectivity index (χ0) is 10.8. The number of anilines is 2. The summed E-state index contributed by atoms with van der Waals surface area (Å²) < 4.78 is 21.4. The molecular weight excluding hydrogens is 352 g/mol. The molecular formula is C8H4ClFIN3S. The Bertz CT molecular complexity index is 490. The number of aromatic nitrogens is 2. The van der Waals surface area contributed by atoms with Crippen LogP contribution in [0.1, 0.15) is 0 Å². The van der Waals surface area contributed by atoms with Crippen molar-refractivity contribution in [2.75, 3.05) is 5.32 Å². The second-order valence-electron chi connectivity index (χ2n) is 2.65. The first-order chi connectivity index (χ1) is 7.16. The van der Waals surface area contributed by atoms with E-state index in [-0.39, 0.29) is 5.82 Å². The predicted octanol–water partition coefficient (Wildman–Crippen LogP) is 3.68. The molecule has 0 saturated heterocycles. The van der Waals surface area contributed by atoms with Crippen LogP contribution in [0.4, 0.5) is 15.9 Å². The Morgan fingerprint density at radius 3 is 2.80 bits per heavy atom. The molecule has 1 aromatic carbocycles. The highest BCUT2D eigenvalue weighted by Gasteiger charge is 2.07. The summed E-state index contributed by atoms with van der Waals surface area (Å²) in [5.74, 6) is 0.221. The largest absolute Gasteiger partial charge is 0.336 e. The summed E-state index contributed by atoms with van der Waals surface area (Å²) in [5, 5.41) is 3.30. The molecule has 15 heavy (non-hydrogen) atoms. The lowest BCUT2D eigenvalue weighted by Gasteiger charge is -2.05. The molecule has 1 heterocycles. The fourth-order valence-corrected chi connectivity index (χ4v) is 2.23. The van der Waals surface area contributed by atoms with Crippen LogP contribution in [0.3, 0.4) is 0 Å². The topological polar surface area (TPSA) is 37.8 Å². The molecule has 0 aliphatic heterocycles. The third-order valence-electron chi connectivity index (χ3n) is 1.63. The number of nitrogens with one attached hydrogen (secondary N) is 1. The lowest BCUT2D eigenvalue weighted by Crippen LogP contribution is -1.94. The lowest BCUT2D eigenvalue weighted by molar-refractivity contribution is 0.627. The summed E-state index contributed by atoms with van der Waals surface area (Å²) in [4.78, 5) is 0. The summed E-state index contributed by atoms with van der Waals surface area (Å²) in [6.45, 7) is 0. The maximum Gasteiger partial charge on any atom is 0.187 e. The third-order valence-corrected chi connectivity index (χ3v) is 3.42. The van der Waals surface area contributed by atoms with Crippen LogP contribution in [0, 0.1) is 9.39 Å². The van der Waals surface area contributed by atoms with Crippen LogP contribution in [-0.2, 0) is 0 Å². The molecule has 0 fully saturated rings. The van der Waals surface area contributed by atoms with Crippen LogP contribution >= 0.6 is 45.9 Å². The van der Waals surface area contributed by atoms with Crippen molar-refractivity contribution in [2.45, 2.75) is 0 Å². The van der Waals surface area contributed by atoms with E-state index in [2.05, 4.69) is 14.1 Å². The molecule has 0 spiro atoms. The van der Waals surface area contributed by atoms with Gasteiger partial charge < -0.3 is 5.32 Å². The molecule has 0 radical (unpaired) electrons. The Morgan fingerprint density at radius 1 is 1.40 bits per heavy atom. The highest BCUT2D eigenvalue weighted by atomic mass is 127. The van der Waals surface area contributed by atoms with Gasteiger partial charge in [0.05, 0.1) is 17.4 Å². The van der Waals surface area contributed by atoms with Crippen LogP contribution in [-0.4, -0.2) is 8.75 Å². The van der Waals surface area contributed by atoms with Gasteiger partial charge in [-0.15, -0.1) is 0 Å².